The number of aromatic amines is 1. The number of nitrogens with one attached hydrogen (secondary N) is 2. The summed E-state index contributed by atoms with van der Waals surface area (Å²) in [7, 11) is 0. The zero-order valence-electron chi connectivity index (χ0n) is 14.1. The molecule has 0 bridgehead atoms. The summed E-state index contributed by atoms with van der Waals surface area (Å²) in [4.78, 5) is 24.8. The van der Waals surface area contributed by atoms with Gasteiger partial charge in [-0.15, -0.1) is 22.7 Å². The van der Waals surface area contributed by atoms with E-state index >= 15 is 0 Å². The maximum absolute atomic E-state index is 12.4. The van der Waals surface area contributed by atoms with Crippen LogP contribution < -0.4 is 5.32 Å². The predicted octanol–water partition coefficient (Wildman–Crippen LogP) is 4.83. The minimum Gasteiger partial charge on any atom is -0.353 e. The topological polar surface area (TPSA) is 70.7 Å². The quantitative estimate of drug-likeness (QED) is 0.462. The number of H-pyrrole nitrogens is 1. The number of carbonyl (C=O) groups is 1. The second kappa shape index (κ2) is 6.61. The molecule has 0 aliphatic heterocycles. The van der Waals surface area contributed by atoms with Gasteiger partial charge < -0.3 is 10.3 Å². The van der Waals surface area contributed by atoms with Gasteiger partial charge in [0, 0.05) is 16.3 Å². The van der Waals surface area contributed by atoms with Crippen LogP contribution in [0.4, 0.5) is 0 Å². The first-order chi connectivity index (χ1) is 13.3. The smallest absolute Gasteiger partial charge is 0.271 e. The summed E-state index contributed by atoms with van der Waals surface area (Å²) < 4.78 is 1.12. The summed E-state index contributed by atoms with van der Waals surface area (Å²) >= 11 is 3.05. The molecule has 2 aromatic carbocycles. The highest BCUT2D eigenvalue weighted by molar-refractivity contribution is 7.18. The highest BCUT2D eigenvalue weighted by Gasteiger charge is 2.14. The molecular formula is C20H14N4OS2. The van der Waals surface area contributed by atoms with Crippen LogP contribution in [0.5, 0.6) is 0 Å². The first kappa shape index (κ1) is 16.2. The lowest BCUT2D eigenvalue weighted by molar-refractivity contribution is 0.0946. The Morgan fingerprint density at radius 1 is 1.07 bits per heavy atom. The number of rotatable bonds is 4. The van der Waals surface area contributed by atoms with Gasteiger partial charge in [-0.3, -0.25) is 4.79 Å². The Balaban J connectivity index is 1.32. The van der Waals surface area contributed by atoms with Gasteiger partial charge in [0.05, 0.1) is 22.5 Å². The van der Waals surface area contributed by atoms with Crippen molar-refractivity contribution in [2.45, 2.75) is 6.54 Å². The molecule has 0 aliphatic carbocycles. The van der Waals surface area contributed by atoms with E-state index in [9.17, 15) is 4.79 Å². The van der Waals surface area contributed by atoms with Crippen LogP contribution in [-0.2, 0) is 6.54 Å². The Hall–Kier alpha value is -3.03. The second-order valence-electron chi connectivity index (χ2n) is 6.07. The first-order valence-electron chi connectivity index (χ1n) is 8.42. The van der Waals surface area contributed by atoms with Gasteiger partial charge in [-0.05, 0) is 24.3 Å². The van der Waals surface area contributed by atoms with Crippen molar-refractivity contribution in [3.8, 4) is 10.7 Å². The van der Waals surface area contributed by atoms with Crippen molar-refractivity contribution in [2.24, 2.45) is 0 Å². The maximum Gasteiger partial charge on any atom is 0.271 e. The monoisotopic (exact) mass is 390 g/mol. The van der Waals surface area contributed by atoms with E-state index < -0.39 is 0 Å². The van der Waals surface area contributed by atoms with Gasteiger partial charge in [0.2, 0.25) is 0 Å². The molecule has 3 aromatic heterocycles. The van der Waals surface area contributed by atoms with Gasteiger partial charge in [0.1, 0.15) is 15.7 Å². The predicted molar refractivity (Wildman–Crippen MR) is 110 cm³/mol. The van der Waals surface area contributed by atoms with E-state index in [1.807, 2.05) is 42.5 Å². The van der Waals surface area contributed by atoms with E-state index in [1.54, 1.807) is 16.7 Å². The third-order valence-electron chi connectivity index (χ3n) is 4.24. The number of thiazole rings is 2. The molecule has 3 heterocycles. The third-order valence-corrected chi connectivity index (χ3v) is 6.15. The van der Waals surface area contributed by atoms with Crippen LogP contribution in [0.25, 0.3) is 31.8 Å². The fourth-order valence-electron chi connectivity index (χ4n) is 2.93. The average Bonchev–Trinajstić information content (AvgIpc) is 3.42. The van der Waals surface area contributed by atoms with E-state index in [4.69, 9.17) is 0 Å². The summed E-state index contributed by atoms with van der Waals surface area (Å²) in [5.74, 6) is -0.187. The molecule has 1 amide bonds. The minimum absolute atomic E-state index is 0.187. The van der Waals surface area contributed by atoms with E-state index in [0.29, 0.717) is 12.2 Å². The number of hydrogen-bond donors (Lipinski definition) is 2. The molecule has 2 N–H and O–H groups in total. The molecule has 27 heavy (non-hydrogen) atoms. The number of benzene rings is 2. The summed E-state index contributed by atoms with van der Waals surface area (Å²) in [6, 6.07) is 18.1. The van der Waals surface area contributed by atoms with E-state index in [1.165, 1.54) is 11.3 Å². The second-order valence-corrected chi connectivity index (χ2v) is 8.04. The van der Waals surface area contributed by atoms with Gasteiger partial charge in [-0.1, -0.05) is 30.3 Å². The summed E-state index contributed by atoms with van der Waals surface area (Å²) in [5, 5.41) is 7.51. The molecule has 0 saturated heterocycles. The van der Waals surface area contributed by atoms with Crippen molar-refractivity contribution in [2.75, 3.05) is 0 Å². The Morgan fingerprint density at radius 2 is 1.93 bits per heavy atom. The van der Waals surface area contributed by atoms with Crippen molar-refractivity contribution in [1.29, 1.82) is 0 Å². The zero-order chi connectivity index (χ0) is 18.2. The molecule has 0 saturated carbocycles. The minimum atomic E-state index is -0.187. The molecule has 0 radical (unpaired) electrons. The summed E-state index contributed by atoms with van der Waals surface area (Å²) in [6.07, 6.45) is 0. The van der Waals surface area contributed by atoms with Crippen LogP contribution in [0.1, 0.15) is 15.5 Å². The summed E-state index contributed by atoms with van der Waals surface area (Å²) in [6.45, 7) is 0.400. The maximum atomic E-state index is 12.4. The molecule has 5 rings (SSSR count). The number of nitrogens with zero attached hydrogens (tertiary/aromatic N) is 2. The lowest BCUT2D eigenvalue weighted by atomic mass is 10.2. The van der Waals surface area contributed by atoms with Gasteiger partial charge in [-0.25, -0.2) is 9.97 Å². The normalized spacial score (nSPS) is 11.3. The van der Waals surface area contributed by atoms with Gasteiger partial charge >= 0.3 is 0 Å². The number of hydrogen-bond acceptors (Lipinski definition) is 5. The molecule has 0 spiro atoms. The molecule has 0 fully saturated rings. The van der Waals surface area contributed by atoms with Crippen LogP contribution in [0.2, 0.25) is 0 Å². The van der Waals surface area contributed by atoms with Crippen molar-refractivity contribution in [3.05, 3.63) is 70.7 Å². The molecule has 0 unspecified atom stereocenters. The highest BCUT2D eigenvalue weighted by Crippen LogP contribution is 2.27. The molecule has 7 heteroatoms. The standard InChI is InChI=1S/C20H14N4OS2/c25-19(21-10-18-23-14-7-3-4-8-17(14)27-18)16-11-26-20(24-16)15-9-12-5-1-2-6-13(12)22-15/h1-9,11,22H,10H2,(H,21,25). The lowest BCUT2D eigenvalue weighted by Crippen LogP contribution is -2.22. The number of carbonyl (C=O) groups excluding carboxylic acids is 1. The molecule has 5 nitrogen and oxygen atoms in total. The molecular weight excluding hydrogens is 376 g/mol. The number of fused-ring (bicyclic) bond motifs is 2. The van der Waals surface area contributed by atoms with Crippen LogP contribution in [-0.4, -0.2) is 20.9 Å². The van der Waals surface area contributed by atoms with E-state index in [0.717, 1.165) is 36.8 Å². The van der Waals surface area contributed by atoms with Crippen LogP contribution >= 0.6 is 22.7 Å². The SMILES string of the molecule is O=C(NCc1nc2ccccc2s1)c1csc(-c2cc3ccccc3[nH]2)n1. The molecule has 5 aromatic rings. The number of aromatic nitrogens is 3. The number of para-hydroxylation sites is 2. The molecule has 132 valence electrons. The Kier molecular flexibility index (Phi) is 3.95. The van der Waals surface area contributed by atoms with Crippen molar-refractivity contribution in [3.63, 3.8) is 0 Å². The summed E-state index contributed by atoms with van der Waals surface area (Å²) in [5.41, 5.74) is 3.37. The fraction of sp³-hybridized carbons (Fsp3) is 0.0500. The average molecular weight is 390 g/mol. The first-order valence-corrected chi connectivity index (χ1v) is 10.1. The van der Waals surface area contributed by atoms with Crippen LogP contribution in [0, 0.1) is 0 Å². The fourth-order valence-corrected chi connectivity index (χ4v) is 4.61. The van der Waals surface area contributed by atoms with Gasteiger partial charge in [-0.2, -0.15) is 0 Å². The number of amides is 1. The third kappa shape index (κ3) is 3.11. The zero-order valence-corrected chi connectivity index (χ0v) is 15.7. The Bertz CT molecular complexity index is 1200. The van der Waals surface area contributed by atoms with Crippen LogP contribution in [0.15, 0.2) is 60.0 Å². The molecule has 0 atom stereocenters. The largest absolute Gasteiger partial charge is 0.353 e. The Labute approximate surface area is 162 Å². The lowest BCUT2D eigenvalue weighted by Gasteiger charge is -1.99. The Morgan fingerprint density at radius 3 is 2.81 bits per heavy atom. The molecule has 0 aliphatic rings. The van der Waals surface area contributed by atoms with Gasteiger partial charge in [0.15, 0.2) is 0 Å². The van der Waals surface area contributed by atoms with Crippen molar-refractivity contribution in [1.82, 2.24) is 20.3 Å². The van der Waals surface area contributed by atoms with E-state index in [2.05, 4.69) is 32.4 Å². The van der Waals surface area contributed by atoms with Crippen LogP contribution in [0.3, 0.4) is 0 Å². The van der Waals surface area contributed by atoms with Crippen molar-refractivity contribution >= 4 is 49.7 Å². The van der Waals surface area contributed by atoms with E-state index in [-0.39, 0.29) is 5.91 Å². The van der Waals surface area contributed by atoms with Gasteiger partial charge in [0.25, 0.3) is 5.91 Å². The highest BCUT2D eigenvalue weighted by atomic mass is 32.1. The van der Waals surface area contributed by atoms with Crippen molar-refractivity contribution < 1.29 is 4.79 Å².